The molecule has 0 aliphatic carbocycles. The molecule has 0 aliphatic rings. The van der Waals surface area contributed by atoms with Crippen molar-refractivity contribution >= 4 is 5.91 Å². The Hall–Kier alpha value is -1.49. The second kappa shape index (κ2) is 5.41. The van der Waals surface area contributed by atoms with Crippen LogP contribution in [0.1, 0.15) is 12.0 Å². The number of hydrogen-bond donors (Lipinski definition) is 1. The van der Waals surface area contributed by atoms with Gasteiger partial charge in [0, 0.05) is 12.5 Å². The van der Waals surface area contributed by atoms with Gasteiger partial charge < -0.3 is 0 Å². The quantitative estimate of drug-likeness (QED) is 0.774. The lowest BCUT2D eigenvalue weighted by Crippen LogP contribution is -2.22. The van der Waals surface area contributed by atoms with E-state index in [0.29, 0.717) is 5.56 Å². The van der Waals surface area contributed by atoms with Crippen molar-refractivity contribution in [2.45, 2.75) is 12.8 Å². The van der Waals surface area contributed by atoms with Gasteiger partial charge in [0.05, 0.1) is 7.11 Å². The highest BCUT2D eigenvalue weighted by Gasteiger charge is 2.06. The molecule has 15 heavy (non-hydrogen) atoms. The van der Waals surface area contributed by atoms with E-state index in [4.69, 9.17) is 0 Å². The molecule has 0 spiro atoms. The van der Waals surface area contributed by atoms with Crippen LogP contribution in [0, 0.1) is 11.6 Å². The van der Waals surface area contributed by atoms with E-state index < -0.39 is 11.6 Å². The number of hydrogen-bond acceptors (Lipinski definition) is 2. The highest BCUT2D eigenvalue weighted by Crippen LogP contribution is 2.11. The molecule has 3 nitrogen and oxygen atoms in total. The van der Waals surface area contributed by atoms with Crippen LogP contribution >= 0.6 is 0 Å². The molecule has 1 amide bonds. The van der Waals surface area contributed by atoms with E-state index in [-0.39, 0.29) is 18.7 Å². The van der Waals surface area contributed by atoms with Gasteiger partial charge in [0.1, 0.15) is 11.6 Å². The van der Waals surface area contributed by atoms with Gasteiger partial charge in [0.25, 0.3) is 0 Å². The molecule has 1 aromatic rings. The van der Waals surface area contributed by atoms with Crippen LogP contribution < -0.4 is 5.48 Å². The Bertz CT molecular complexity index is 355. The zero-order valence-electron chi connectivity index (χ0n) is 8.22. The molecule has 0 radical (unpaired) electrons. The second-order valence-corrected chi connectivity index (χ2v) is 2.97. The van der Waals surface area contributed by atoms with E-state index in [0.717, 1.165) is 12.1 Å². The smallest absolute Gasteiger partial charge is 0.243 e. The monoisotopic (exact) mass is 215 g/mol. The van der Waals surface area contributed by atoms with Crippen LogP contribution in [-0.2, 0) is 16.1 Å². The Morgan fingerprint density at radius 2 is 2.20 bits per heavy atom. The van der Waals surface area contributed by atoms with Crippen molar-refractivity contribution in [1.82, 2.24) is 5.48 Å². The summed E-state index contributed by atoms with van der Waals surface area (Å²) < 4.78 is 25.6. The summed E-state index contributed by atoms with van der Waals surface area (Å²) in [6.07, 6.45) is 0.303. The molecule has 0 saturated carbocycles. The number of carbonyl (C=O) groups excluding carboxylic acids is 1. The van der Waals surface area contributed by atoms with Crippen molar-refractivity contribution in [1.29, 1.82) is 0 Å². The molecule has 1 rings (SSSR count). The maximum atomic E-state index is 13.1. The molecule has 1 N–H and O–H groups in total. The number of aryl methyl sites for hydroxylation is 1. The van der Waals surface area contributed by atoms with Crippen LogP contribution in [0.15, 0.2) is 18.2 Å². The first-order chi connectivity index (χ1) is 7.13. The number of rotatable bonds is 4. The summed E-state index contributed by atoms with van der Waals surface area (Å²) in [4.78, 5) is 15.4. The molecule has 0 heterocycles. The van der Waals surface area contributed by atoms with Gasteiger partial charge in [0.15, 0.2) is 0 Å². The van der Waals surface area contributed by atoms with Crippen LogP contribution in [-0.4, -0.2) is 13.0 Å². The lowest BCUT2D eigenvalue weighted by molar-refractivity contribution is -0.131. The molecule has 5 heteroatoms. The standard InChI is InChI=1S/C10H11F2NO2/c1-15-13-10(14)5-3-7-2-4-8(11)6-9(7)12/h2,4,6H,3,5H2,1H3,(H,13,14). The van der Waals surface area contributed by atoms with E-state index in [1.54, 1.807) is 0 Å². The molecule has 0 aliphatic heterocycles. The van der Waals surface area contributed by atoms with Crippen LogP contribution in [0.2, 0.25) is 0 Å². The Labute approximate surface area is 86.0 Å². The van der Waals surface area contributed by atoms with Gasteiger partial charge >= 0.3 is 0 Å². The van der Waals surface area contributed by atoms with E-state index in [1.165, 1.54) is 13.2 Å². The largest absolute Gasteiger partial charge is 0.277 e. The zero-order chi connectivity index (χ0) is 11.3. The fraction of sp³-hybridized carbons (Fsp3) is 0.300. The van der Waals surface area contributed by atoms with Crippen molar-refractivity contribution < 1.29 is 18.4 Å². The van der Waals surface area contributed by atoms with E-state index in [9.17, 15) is 13.6 Å². The topological polar surface area (TPSA) is 38.3 Å². The minimum Gasteiger partial charge on any atom is -0.277 e. The summed E-state index contributed by atoms with van der Waals surface area (Å²) in [6, 6.07) is 3.28. The second-order valence-electron chi connectivity index (χ2n) is 2.97. The Morgan fingerprint density at radius 1 is 1.47 bits per heavy atom. The molecular formula is C10H11F2NO2. The lowest BCUT2D eigenvalue weighted by atomic mass is 10.1. The summed E-state index contributed by atoms with van der Waals surface area (Å²) in [6.45, 7) is 0. The minimum atomic E-state index is -0.639. The maximum Gasteiger partial charge on any atom is 0.243 e. The van der Waals surface area contributed by atoms with Gasteiger partial charge in [-0.25, -0.2) is 14.3 Å². The Balaban J connectivity index is 2.54. The highest BCUT2D eigenvalue weighted by atomic mass is 19.1. The Kier molecular flexibility index (Phi) is 4.17. The van der Waals surface area contributed by atoms with Crippen molar-refractivity contribution in [3.63, 3.8) is 0 Å². The van der Waals surface area contributed by atoms with Crippen molar-refractivity contribution in [2.24, 2.45) is 0 Å². The van der Waals surface area contributed by atoms with Crippen molar-refractivity contribution in [3.8, 4) is 0 Å². The average Bonchev–Trinajstić information content (AvgIpc) is 2.17. The molecular weight excluding hydrogens is 204 g/mol. The fourth-order valence-corrected chi connectivity index (χ4v) is 1.14. The Morgan fingerprint density at radius 3 is 2.80 bits per heavy atom. The van der Waals surface area contributed by atoms with Crippen LogP contribution in [0.5, 0.6) is 0 Å². The number of hydroxylamine groups is 1. The predicted molar refractivity (Wildman–Crippen MR) is 49.8 cm³/mol. The molecule has 1 aromatic carbocycles. The average molecular weight is 215 g/mol. The van der Waals surface area contributed by atoms with Crippen LogP contribution in [0.3, 0.4) is 0 Å². The van der Waals surface area contributed by atoms with E-state index in [1.807, 2.05) is 0 Å². The first kappa shape index (κ1) is 11.6. The van der Waals surface area contributed by atoms with Crippen molar-refractivity contribution in [3.05, 3.63) is 35.4 Å². The number of carbonyl (C=O) groups is 1. The molecule has 0 unspecified atom stereocenters. The third kappa shape index (κ3) is 3.63. The van der Waals surface area contributed by atoms with Gasteiger partial charge in [-0.15, -0.1) is 0 Å². The third-order valence-corrected chi connectivity index (χ3v) is 1.85. The first-order valence-electron chi connectivity index (χ1n) is 4.39. The third-order valence-electron chi connectivity index (χ3n) is 1.85. The number of halogens is 2. The van der Waals surface area contributed by atoms with Crippen LogP contribution in [0.25, 0.3) is 0 Å². The van der Waals surface area contributed by atoms with Gasteiger partial charge in [-0.1, -0.05) is 6.07 Å². The number of amides is 1. The van der Waals surface area contributed by atoms with E-state index >= 15 is 0 Å². The summed E-state index contributed by atoms with van der Waals surface area (Å²) in [5, 5.41) is 0. The molecule has 0 bridgehead atoms. The van der Waals surface area contributed by atoms with Crippen molar-refractivity contribution in [2.75, 3.05) is 7.11 Å². The SMILES string of the molecule is CONC(=O)CCc1ccc(F)cc1F. The molecule has 0 fully saturated rings. The van der Waals surface area contributed by atoms with Gasteiger partial charge in [-0.05, 0) is 18.1 Å². The fourth-order valence-electron chi connectivity index (χ4n) is 1.14. The van der Waals surface area contributed by atoms with Gasteiger partial charge in [-0.3, -0.25) is 9.63 Å². The minimum absolute atomic E-state index is 0.0936. The van der Waals surface area contributed by atoms with Crippen LogP contribution in [0.4, 0.5) is 8.78 Å². The summed E-state index contributed by atoms with van der Waals surface area (Å²) in [5.41, 5.74) is 2.42. The number of nitrogens with one attached hydrogen (secondary N) is 1. The highest BCUT2D eigenvalue weighted by molar-refractivity contribution is 5.75. The molecule has 82 valence electrons. The molecule has 0 saturated heterocycles. The predicted octanol–water partition coefficient (Wildman–Crippen LogP) is 1.57. The molecule has 0 aromatic heterocycles. The summed E-state index contributed by atoms with van der Waals surface area (Å²) in [7, 11) is 1.32. The van der Waals surface area contributed by atoms with Gasteiger partial charge in [0.2, 0.25) is 5.91 Å². The lowest BCUT2D eigenvalue weighted by Gasteiger charge is -2.03. The first-order valence-corrected chi connectivity index (χ1v) is 4.39. The maximum absolute atomic E-state index is 13.1. The zero-order valence-corrected chi connectivity index (χ0v) is 8.22. The summed E-state index contributed by atoms with van der Waals surface area (Å²) >= 11 is 0. The normalized spacial score (nSPS) is 10.1. The van der Waals surface area contributed by atoms with Gasteiger partial charge in [-0.2, -0.15) is 0 Å². The molecule has 0 atom stereocenters. The number of benzene rings is 1. The van der Waals surface area contributed by atoms with E-state index in [2.05, 4.69) is 10.3 Å². The summed E-state index contributed by atoms with van der Waals surface area (Å²) in [5.74, 6) is -1.61.